The van der Waals surface area contributed by atoms with E-state index in [-0.39, 0.29) is 5.56 Å². The number of hydrogen-bond donors (Lipinski definition) is 0. The van der Waals surface area contributed by atoms with Crippen LogP contribution in [-0.4, -0.2) is 0 Å². The Bertz CT molecular complexity index is 617. The third-order valence-electron chi connectivity index (χ3n) is 3.21. The molecule has 91 valence electrons. The van der Waals surface area contributed by atoms with Gasteiger partial charge in [0.2, 0.25) is 0 Å². The van der Waals surface area contributed by atoms with Crippen molar-refractivity contribution in [3.63, 3.8) is 0 Å². The molecule has 0 heterocycles. The highest BCUT2D eigenvalue weighted by atomic mass is 19.4. The maximum absolute atomic E-state index is 12.9. The fraction of sp³-hybridized carbons (Fsp3) is 0.143. The van der Waals surface area contributed by atoms with Crippen molar-refractivity contribution in [3.8, 4) is 11.1 Å². The first-order valence-electron chi connectivity index (χ1n) is 5.45. The lowest BCUT2D eigenvalue weighted by Gasteiger charge is -2.13. The van der Waals surface area contributed by atoms with E-state index >= 15 is 0 Å². The van der Waals surface area contributed by atoms with Crippen molar-refractivity contribution in [1.82, 2.24) is 0 Å². The standard InChI is InChI=1S/C14H8F3O/c15-14(16,17)11-7-3-6-9-8-4-1-2-5-10(8)13(18)12(9)11/h1-7,13H. The molecular weight excluding hydrogens is 241 g/mol. The lowest BCUT2D eigenvalue weighted by atomic mass is 10.00. The average molecular weight is 249 g/mol. The van der Waals surface area contributed by atoms with E-state index in [0.29, 0.717) is 16.7 Å². The average Bonchev–Trinajstić information content (AvgIpc) is 2.63. The van der Waals surface area contributed by atoms with E-state index in [0.717, 1.165) is 6.07 Å². The lowest BCUT2D eigenvalue weighted by molar-refractivity contribution is -0.139. The van der Waals surface area contributed by atoms with Gasteiger partial charge in [0.1, 0.15) is 6.10 Å². The number of fused-ring (bicyclic) bond motifs is 3. The summed E-state index contributed by atoms with van der Waals surface area (Å²) < 4.78 is 38.7. The van der Waals surface area contributed by atoms with Crippen LogP contribution < -0.4 is 0 Å². The van der Waals surface area contributed by atoms with Gasteiger partial charge in [0, 0.05) is 5.56 Å². The maximum atomic E-state index is 12.9. The summed E-state index contributed by atoms with van der Waals surface area (Å²) in [6, 6.07) is 10.6. The SMILES string of the molecule is [O]C1c2ccccc2-c2cccc(C(F)(F)F)c21. The second kappa shape index (κ2) is 3.59. The van der Waals surface area contributed by atoms with Crippen LogP contribution in [-0.2, 0) is 11.3 Å². The second-order valence-corrected chi connectivity index (χ2v) is 4.23. The third-order valence-corrected chi connectivity index (χ3v) is 3.21. The van der Waals surface area contributed by atoms with E-state index in [9.17, 15) is 18.3 Å². The summed E-state index contributed by atoms with van der Waals surface area (Å²) >= 11 is 0. The molecular formula is C14H8F3O. The normalized spacial score (nSPS) is 17.4. The first-order valence-corrected chi connectivity index (χ1v) is 5.45. The lowest BCUT2D eigenvalue weighted by Crippen LogP contribution is -2.10. The fourth-order valence-electron chi connectivity index (χ4n) is 2.46. The van der Waals surface area contributed by atoms with E-state index in [1.807, 2.05) is 0 Å². The van der Waals surface area contributed by atoms with E-state index in [1.54, 1.807) is 30.3 Å². The Balaban J connectivity index is 2.31. The summed E-state index contributed by atoms with van der Waals surface area (Å²) in [7, 11) is 0. The summed E-state index contributed by atoms with van der Waals surface area (Å²) in [4.78, 5) is 0. The topological polar surface area (TPSA) is 19.9 Å². The molecule has 0 bridgehead atoms. The maximum Gasteiger partial charge on any atom is 0.416 e. The molecule has 1 nitrogen and oxygen atoms in total. The third kappa shape index (κ3) is 1.46. The fourth-order valence-corrected chi connectivity index (χ4v) is 2.46. The van der Waals surface area contributed by atoms with Gasteiger partial charge in [-0.25, -0.2) is 5.11 Å². The van der Waals surface area contributed by atoms with Gasteiger partial charge in [-0.05, 0) is 22.8 Å². The van der Waals surface area contributed by atoms with Crippen LogP contribution in [0.1, 0.15) is 22.8 Å². The molecule has 1 aliphatic rings. The van der Waals surface area contributed by atoms with Crippen molar-refractivity contribution in [1.29, 1.82) is 0 Å². The molecule has 1 unspecified atom stereocenters. The van der Waals surface area contributed by atoms with Crippen LogP contribution in [0.3, 0.4) is 0 Å². The molecule has 2 aromatic rings. The summed E-state index contributed by atoms with van der Waals surface area (Å²) in [5, 5.41) is 12.1. The van der Waals surface area contributed by atoms with Crippen molar-refractivity contribution in [2.45, 2.75) is 12.3 Å². The van der Waals surface area contributed by atoms with Gasteiger partial charge in [-0.1, -0.05) is 36.4 Å². The molecule has 0 amide bonds. The summed E-state index contributed by atoms with van der Waals surface area (Å²) in [6.45, 7) is 0. The zero-order valence-corrected chi connectivity index (χ0v) is 9.16. The van der Waals surface area contributed by atoms with Crippen LogP contribution in [0.25, 0.3) is 11.1 Å². The van der Waals surface area contributed by atoms with Gasteiger partial charge < -0.3 is 0 Å². The van der Waals surface area contributed by atoms with Gasteiger partial charge >= 0.3 is 6.18 Å². The van der Waals surface area contributed by atoms with E-state index in [4.69, 9.17) is 0 Å². The van der Waals surface area contributed by atoms with E-state index in [1.165, 1.54) is 6.07 Å². The van der Waals surface area contributed by atoms with Crippen LogP contribution >= 0.6 is 0 Å². The zero-order valence-electron chi connectivity index (χ0n) is 9.16. The van der Waals surface area contributed by atoms with Crippen molar-refractivity contribution >= 4 is 0 Å². The molecule has 0 aliphatic heterocycles. The van der Waals surface area contributed by atoms with Gasteiger partial charge in [0.05, 0.1) is 5.56 Å². The Labute approximate surface area is 102 Å². The van der Waals surface area contributed by atoms with Crippen molar-refractivity contribution in [2.75, 3.05) is 0 Å². The van der Waals surface area contributed by atoms with E-state index < -0.39 is 17.8 Å². The molecule has 1 radical (unpaired) electrons. The highest BCUT2D eigenvalue weighted by Crippen LogP contribution is 2.48. The second-order valence-electron chi connectivity index (χ2n) is 4.23. The smallest absolute Gasteiger partial charge is 0.223 e. The first-order chi connectivity index (χ1) is 8.50. The van der Waals surface area contributed by atoms with Gasteiger partial charge in [0.15, 0.2) is 0 Å². The number of benzene rings is 2. The Kier molecular flexibility index (Phi) is 2.25. The van der Waals surface area contributed by atoms with E-state index in [2.05, 4.69) is 0 Å². The number of rotatable bonds is 0. The Hall–Kier alpha value is -1.81. The molecule has 0 saturated carbocycles. The molecule has 0 spiro atoms. The molecule has 4 heteroatoms. The van der Waals surface area contributed by atoms with Gasteiger partial charge in [-0.15, -0.1) is 0 Å². The molecule has 0 aromatic heterocycles. The van der Waals surface area contributed by atoms with Crippen LogP contribution in [0.5, 0.6) is 0 Å². The highest BCUT2D eigenvalue weighted by molar-refractivity contribution is 5.79. The summed E-state index contributed by atoms with van der Waals surface area (Å²) in [5.74, 6) is 0. The largest absolute Gasteiger partial charge is 0.416 e. The number of alkyl halides is 3. The zero-order chi connectivity index (χ0) is 12.9. The van der Waals surface area contributed by atoms with Gasteiger partial charge in [-0.3, -0.25) is 0 Å². The minimum atomic E-state index is -4.49. The van der Waals surface area contributed by atoms with Gasteiger partial charge in [-0.2, -0.15) is 13.2 Å². The predicted molar refractivity (Wildman–Crippen MR) is 59.4 cm³/mol. The van der Waals surface area contributed by atoms with Crippen LogP contribution in [0, 0.1) is 0 Å². The van der Waals surface area contributed by atoms with Crippen molar-refractivity contribution in [2.24, 2.45) is 0 Å². The Morgan fingerprint density at radius 1 is 0.889 bits per heavy atom. The summed E-state index contributed by atoms with van der Waals surface area (Å²) in [5.41, 5.74) is 0.464. The molecule has 18 heavy (non-hydrogen) atoms. The molecule has 1 aliphatic carbocycles. The van der Waals surface area contributed by atoms with Crippen molar-refractivity contribution in [3.05, 3.63) is 59.2 Å². The van der Waals surface area contributed by atoms with Crippen molar-refractivity contribution < 1.29 is 18.3 Å². The minimum Gasteiger partial charge on any atom is -0.223 e. The quantitative estimate of drug-likeness (QED) is 0.666. The number of halogens is 3. The predicted octanol–water partition coefficient (Wildman–Crippen LogP) is 4.21. The molecule has 1 atom stereocenters. The monoisotopic (exact) mass is 249 g/mol. The van der Waals surface area contributed by atoms with Crippen LogP contribution in [0.15, 0.2) is 42.5 Å². The van der Waals surface area contributed by atoms with Gasteiger partial charge in [0.25, 0.3) is 0 Å². The van der Waals surface area contributed by atoms with Crippen LogP contribution in [0.4, 0.5) is 13.2 Å². The Morgan fingerprint density at radius 2 is 1.56 bits per heavy atom. The van der Waals surface area contributed by atoms with Crippen LogP contribution in [0.2, 0.25) is 0 Å². The molecule has 2 aromatic carbocycles. The number of hydrogen-bond acceptors (Lipinski definition) is 0. The molecule has 0 saturated heterocycles. The molecule has 3 rings (SSSR count). The summed E-state index contributed by atoms with van der Waals surface area (Å²) in [6.07, 6.45) is -5.94. The minimum absolute atomic E-state index is 0.147. The first kappa shape index (κ1) is 11.3. The Morgan fingerprint density at radius 3 is 2.28 bits per heavy atom. The highest BCUT2D eigenvalue weighted by Gasteiger charge is 2.40. The molecule has 0 fully saturated rings. The molecule has 0 N–H and O–H groups in total.